The molecule has 0 saturated heterocycles. The molecule has 124 valence electrons. The summed E-state index contributed by atoms with van der Waals surface area (Å²) in [4.78, 5) is 12.0. The number of hydrogen-bond acceptors (Lipinski definition) is 4. The Labute approximate surface area is 142 Å². The van der Waals surface area contributed by atoms with Crippen LogP contribution < -0.4 is 10.6 Å². The Morgan fingerprint density at radius 3 is 2.65 bits per heavy atom. The van der Waals surface area contributed by atoms with Gasteiger partial charge in [-0.15, -0.1) is 0 Å². The summed E-state index contributed by atoms with van der Waals surface area (Å²) in [6, 6.07) is 8.58. The lowest BCUT2D eigenvalue weighted by atomic mass is 10.2. The Bertz CT molecular complexity index is 550. The van der Waals surface area contributed by atoms with Crippen LogP contribution in [0.3, 0.4) is 0 Å². The van der Waals surface area contributed by atoms with Gasteiger partial charge >= 0.3 is 0 Å². The lowest BCUT2D eigenvalue weighted by molar-refractivity contribution is -0.112. The van der Waals surface area contributed by atoms with E-state index in [1.54, 1.807) is 24.3 Å². The van der Waals surface area contributed by atoms with Crippen LogP contribution in [0.2, 0.25) is 5.02 Å². The summed E-state index contributed by atoms with van der Waals surface area (Å²) in [6.45, 7) is 4.21. The SMILES string of the molecule is CCCCOCCCN/C=C(/C#N)C(=O)Nc1ccc(Cl)cc1. The highest BCUT2D eigenvalue weighted by molar-refractivity contribution is 6.30. The number of nitriles is 1. The van der Waals surface area contributed by atoms with Crippen molar-refractivity contribution in [2.45, 2.75) is 26.2 Å². The summed E-state index contributed by atoms with van der Waals surface area (Å²) in [5.74, 6) is -0.457. The summed E-state index contributed by atoms with van der Waals surface area (Å²) in [5.41, 5.74) is 0.608. The molecule has 0 atom stereocenters. The smallest absolute Gasteiger partial charge is 0.267 e. The highest BCUT2D eigenvalue weighted by atomic mass is 35.5. The topological polar surface area (TPSA) is 74.1 Å². The van der Waals surface area contributed by atoms with Crippen molar-refractivity contribution >= 4 is 23.2 Å². The maximum absolute atomic E-state index is 12.0. The van der Waals surface area contributed by atoms with E-state index in [1.165, 1.54) is 6.20 Å². The number of carbonyl (C=O) groups is 1. The molecule has 0 fully saturated rings. The second-order valence-electron chi connectivity index (χ2n) is 4.90. The molecular weight excluding hydrogens is 314 g/mol. The van der Waals surface area contributed by atoms with E-state index >= 15 is 0 Å². The number of nitrogens with zero attached hydrogens (tertiary/aromatic N) is 1. The summed E-state index contributed by atoms with van der Waals surface area (Å²) in [5, 5.41) is 15.2. The molecule has 1 aromatic carbocycles. The Balaban J connectivity index is 2.32. The van der Waals surface area contributed by atoms with Crippen LogP contribution in [0.5, 0.6) is 0 Å². The van der Waals surface area contributed by atoms with Gasteiger partial charge in [-0.3, -0.25) is 4.79 Å². The first-order chi connectivity index (χ1) is 11.2. The van der Waals surface area contributed by atoms with Crippen molar-refractivity contribution in [1.29, 1.82) is 5.26 Å². The number of ether oxygens (including phenoxy) is 1. The maximum atomic E-state index is 12.0. The van der Waals surface area contributed by atoms with Crippen LogP contribution in [-0.4, -0.2) is 25.7 Å². The molecule has 0 heterocycles. The van der Waals surface area contributed by atoms with Crippen LogP contribution >= 0.6 is 11.6 Å². The lowest BCUT2D eigenvalue weighted by Gasteiger charge is -2.06. The Hall–Kier alpha value is -2.03. The second-order valence-corrected chi connectivity index (χ2v) is 5.34. The molecule has 1 amide bonds. The van der Waals surface area contributed by atoms with Crippen molar-refractivity contribution in [3.8, 4) is 6.07 Å². The van der Waals surface area contributed by atoms with Crippen LogP contribution in [0.4, 0.5) is 5.69 Å². The molecule has 2 N–H and O–H groups in total. The first-order valence-electron chi connectivity index (χ1n) is 7.65. The van der Waals surface area contributed by atoms with Crippen molar-refractivity contribution in [1.82, 2.24) is 5.32 Å². The van der Waals surface area contributed by atoms with Crippen molar-refractivity contribution < 1.29 is 9.53 Å². The fraction of sp³-hybridized carbons (Fsp3) is 0.412. The Kier molecular flexibility index (Phi) is 9.53. The van der Waals surface area contributed by atoms with Gasteiger partial charge in [0.05, 0.1) is 0 Å². The minimum Gasteiger partial charge on any atom is -0.390 e. The summed E-state index contributed by atoms with van der Waals surface area (Å²) in [7, 11) is 0. The zero-order valence-electron chi connectivity index (χ0n) is 13.3. The molecule has 6 heteroatoms. The molecule has 23 heavy (non-hydrogen) atoms. The van der Waals surface area contributed by atoms with Crippen LogP contribution in [0, 0.1) is 11.3 Å². The zero-order chi connectivity index (χ0) is 16.9. The standard InChI is InChI=1S/C17H22ClN3O2/c1-2-3-10-23-11-4-9-20-13-14(12-19)17(22)21-16-7-5-15(18)6-8-16/h5-8,13,20H,2-4,9-11H2,1H3,(H,21,22)/b14-13-. The van der Waals surface area contributed by atoms with Crippen molar-refractivity contribution in [2.75, 3.05) is 25.1 Å². The van der Waals surface area contributed by atoms with Gasteiger partial charge in [0.15, 0.2) is 0 Å². The largest absolute Gasteiger partial charge is 0.390 e. The molecule has 1 rings (SSSR count). The van der Waals surface area contributed by atoms with E-state index in [-0.39, 0.29) is 5.57 Å². The Morgan fingerprint density at radius 2 is 2.00 bits per heavy atom. The number of nitrogens with one attached hydrogen (secondary N) is 2. The first-order valence-corrected chi connectivity index (χ1v) is 8.03. The Morgan fingerprint density at radius 1 is 1.30 bits per heavy atom. The van der Waals surface area contributed by atoms with Gasteiger partial charge in [0, 0.05) is 36.7 Å². The molecule has 0 radical (unpaired) electrons. The van der Waals surface area contributed by atoms with Crippen molar-refractivity contribution in [3.63, 3.8) is 0 Å². The molecule has 0 aliphatic heterocycles. The van der Waals surface area contributed by atoms with E-state index < -0.39 is 5.91 Å². The molecule has 0 bridgehead atoms. The number of hydrogen-bond donors (Lipinski definition) is 2. The highest BCUT2D eigenvalue weighted by Crippen LogP contribution is 2.13. The average Bonchev–Trinajstić information content (AvgIpc) is 2.55. The molecule has 0 aliphatic rings. The van der Waals surface area contributed by atoms with Crippen LogP contribution in [0.1, 0.15) is 26.2 Å². The minimum absolute atomic E-state index is 0.0202. The normalized spacial score (nSPS) is 10.9. The third-order valence-electron chi connectivity index (χ3n) is 2.97. The predicted octanol–water partition coefficient (Wildman–Crippen LogP) is 3.48. The molecule has 1 aromatic rings. The van der Waals surface area contributed by atoms with Gasteiger partial charge in [0.1, 0.15) is 11.6 Å². The third-order valence-corrected chi connectivity index (χ3v) is 3.22. The van der Waals surface area contributed by atoms with Crippen molar-refractivity contribution in [3.05, 3.63) is 41.1 Å². The number of rotatable bonds is 10. The molecule has 0 aliphatic carbocycles. The lowest BCUT2D eigenvalue weighted by Crippen LogP contribution is -2.17. The van der Waals surface area contributed by atoms with Gasteiger partial charge in [0.25, 0.3) is 5.91 Å². The average molecular weight is 336 g/mol. The first kappa shape index (κ1) is 19.0. The molecule has 0 aromatic heterocycles. The van der Waals surface area contributed by atoms with Crippen LogP contribution in [0.25, 0.3) is 0 Å². The zero-order valence-corrected chi connectivity index (χ0v) is 14.0. The third kappa shape index (κ3) is 8.24. The number of benzene rings is 1. The highest BCUT2D eigenvalue weighted by Gasteiger charge is 2.08. The van der Waals surface area contributed by atoms with Gasteiger partial charge in [-0.25, -0.2) is 0 Å². The van der Waals surface area contributed by atoms with E-state index in [2.05, 4.69) is 17.6 Å². The van der Waals surface area contributed by atoms with E-state index in [1.807, 2.05) is 6.07 Å². The van der Waals surface area contributed by atoms with Crippen LogP contribution in [-0.2, 0) is 9.53 Å². The fourth-order valence-corrected chi connectivity index (χ4v) is 1.81. The molecule has 0 saturated carbocycles. The maximum Gasteiger partial charge on any atom is 0.267 e. The van der Waals surface area contributed by atoms with E-state index in [0.29, 0.717) is 23.9 Å². The summed E-state index contributed by atoms with van der Waals surface area (Å²) < 4.78 is 5.43. The van der Waals surface area contributed by atoms with E-state index in [0.717, 1.165) is 25.9 Å². The van der Waals surface area contributed by atoms with Crippen LogP contribution in [0.15, 0.2) is 36.0 Å². The monoisotopic (exact) mass is 335 g/mol. The fourth-order valence-electron chi connectivity index (χ4n) is 1.68. The number of amides is 1. The number of unbranched alkanes of at least 4 members (excludes halogenated alkanes) is 1. The molecule has 0 spiro atoms. The number of halogens is 1. The second kappa shape index (κ2) is 11.5. The molecular formula is C17H22ClN3O2. The minimum atomic E-state index is -0.457. The van der Waals surface area contributed by atoms with E-state index in [9.17, 15) is 4.79 Å². The van der Waals surface area contributed by atoms with Gasteiger partial charge < -0.3 is 15.4 Å². The van der Waals surface area contributed by atoms with Gasteiger partial charge in [-0.2, -0.15) is 5.26 Å². The molecule has 5 nitrogen and oxygen atoms in total. The van der Waals surface area contributed by atoms with Gasteiger partial charge in [0.2, 0.25) is 0 Å². The van der Waals surface area contributed by atoms with Gasteiger partial charge in [-0.1, -0.05) is 24.9 Å². The number of anilines is 1. The summed E-state index contributed by atoms with van der Waals surface area (Å²) in [6.07, 6.45) is 4.43. The van der Waals surface area contributed by atoms with E-state index in [4.69, 9.17) is 21.6 Å². The number of carbonyl (C=O) groups excluding carboxylic acids is 1. The summed E-state index contributed by atoms with van der Waals surface area (Å²) >= 11 is 5.78. The molecule has 0 unspecified atom stereocenters. The quantitative estimate of drug-likeness (QED) is 0.390. The van der Waals surface area contributed by atoms with Gasteiger partial charge in [-0.05, 0) is 37.1 Å². The predicted molar refractivity (Wildman–Crippen MR) is 92.1 cm³/mol. The van der Waals surface area contributed by atoms with Crippen molar-refractivity contribution in [2.24, 2.45) is 0 Å².